The molecule has 0 saturated carbocycles. The van der Waals surface area contributed by atoms with Crippen molar-refractivity contribution in [2.75, 3.05) is 11.9 Å². The zero-order valence-electron chi connectivity index (χ0n) is 17.5. The predicted octanol–water partition coefficient (Wildman–Crippen LogP) is 2.53. The lowest BCUT2D eigenvalue weighted by Crippen LogP contribution is -2.25. The van der Waals surface area contributed by atoms with E-state index in [4.69, 9.17) is 4.42 Å². The fraction of sp³-hybridized carbons (Fsp3) is 0.238. The standard InChI is InChI=1S/C21H22N4O7S/c1-2-11-22-33(30,31)14-15-5-7-16(8-6-15)23-20(26)4-3-12-24-18-10-9-17(25(28)29)13-19(18)32-21(24)27/h2,5-10,13,22H,1,3-4,11-12,14H2,(H,23,26). The lowest BCUT2D eigenvalue weighted by Gasteiger charge is -2.08. The van der Waals surface area contributed by atoms with E-state index in [2.05, 4.69) is 16.6 Å². The van der Waals surface area contributed by atoms with Crippen molar-refractivity contribution in [3.8, 4) is 0 Å². The summed E-state index contributed by atoms with van der Waals surface area (Å²) in [6.07, 6.45) is 1.91. The highest BCUT2D eigenvalue weighted by atomic mass is 32.2. The van der Waals surface area contributed by atoms with Crippen LogP contribution >= 0.6 is 0 Å². The number of carbonyl (C=O) groups excluding carboxylic acids is 1. The molecular weight excluding hydrogens is 452 g/mol. The lowest BCUT2D eigenvalue weighted by atomic mass is 10.2. The van der Waals surface area contributed by atoms with Crippen LogP contribution in [0.4, 0.5) is 11.4 Å². The number of sulfonamides is 1. The maximum atomic E-state index is 12.2. The molecule has 33 heavy (non-hydrogen) atoms. The molecule has 3 rings (SSSR count). The number of nitro benzene ring substituents is 1. The van der Waals surface area contributed by atoms with Crippen LogP contribution in [0.15, 0.2) is 64.3 Å². The summed E-state index contributed by atoms with van der Waals surface area (Å²) in [6, 6.07) is 10.3. The number of carbonyl (C=O) groups is 1. The molecular formula is C21H22N4O7S. The average Bonchev–Trinajstić information content (AvgIpc) is 3.08. The van der Waals surface area contributed by atoms with Crippen LogP contribution < -0.4 is 15.8 Å². The van der Waals surface area contributed by atoms with E-state index < -0.39 is 20.7 Å². The van der Waals surface area contributed by atoms with Crippen LogP contribution in [0.2, 0.25) is 0 Å². The molecule has 0 spiro atoms. The van der Waals surface area contributed by atoms with Crippen LogP contribution in [0, 0.1) is 10.1 Å². The highest BCUT2D eigenvalue weighted by molar-refractivity contribution is 7.88. The van der Waals surface area contributed by atoms with Gasteiger partial charge in [0, 0.05) is 31.3 Å². The number of nitrogens with zero attached hydrogens (tertiary/aromatic N) is 2. The summed E-state index contributed by atoms with van der Waals surface area (Å²) >= 11 is 0. The van der Waals surface area contributed by atoms with Crippen molar-refractivity contribution in [2.45, 2.75) is 25.1 Å². The average molecular weight is 474 g/mol. The molecule has 0 unspecified atom stereocenters. The number of amides is 1. The van der Waals surface area contributed by atoms with Crippen molar-refractivity contribution in [3.63, 3.8) is 0 Å². The molecule has 3 aromatic rings. The number of aryl methyl sites for hydroxylation is 1. The van der Waals surface area contributed by atoms with Crippen molar-refractivity contribution < 1.29 is 22.6 Å². The van der Waals surface area contributed by atoms with Crippen molar-refractivity contribution in [2.24, 2.45) is 0 Å². The molecule has 11 nitrogen and oxygen atoms in total. The van der Waals surface area contributed by atoms with Crippen molar-refractivity contribution >= 4 is 38.4 Å². The van der Waals surface area contributed by atoms with Gasteiger partial charge in [-0.15, -0.1) is 6.58 Å². The van der Waals surface area contributed by atoms with Gasteiger partial charge in [0.2, 0.25) is 15.9 Å². The quantitative estimate of drug-likeness (QED) is 0.246. The van der Waals surface area contributed by atoms with Gasteiger partial charge in [0.1, 0.15) is 0 Å². The van der Waals surface area contributed by atoms with Crippen LogP contribution in [0.3, 0.4) is 0 Å². The third kappa shape index (κ3) is 6.37. The predicted molar refractivity (Wildman–Crippen MR) is 122 cm³/mol. The smallest absolute Gasteiger partial charge is 0.407 e. The van der Waals surface area contributed by atoms with Crippen LogP contribution in [0.5, 0.6) is 0 Å². The van der Waals surface area contributed by atoms with Gasteiger partial charge in [-0.3, -0.25) is 19.5 Å². The Morgan fingerprint density at radius 2 is 1.94 bits per heavy atom. The van der Waals surface area contributed by atoms with Crippen molar-refractivity contribution in [1.29, 1.82) is 0 Å². The first kappa shape index (κ1) is 23.9. The first-order chi connectivity index (χ1) is 15.7. The monoisotopic (exact) mass is 474 g/mol. The SMILES string of the molecule is C=CCNS(=O)(=O)Cc1ccc(NC(=O)CCCn2c(=O)oc3cc([N+](=O)[O-])ccc32)cc1. The van der Waals surface area contributed by atoms with Gasteiger partial charge in [0.15, 0.2) is 5.58 Å². The second-order valence-corrected chi connectivity index (χ2v) is 8.98. The number of nitrogens with one attached hydrogen (secondary N) is 2. The van der Waals surface area contributed by atoms with Crippen LogP contribution in [0.25, 0.3) is 11.1 Å². The highest BCUT2D eigenvalue weighted by Gasteiger charge is 2.14. The Bertz CT molecular complexity index is 1340. The van der Waals surface area contributed by atoms with E-state index >= 15 is 0 Å². The number of hydrogen-bond acceptors (Lipinski definition) is 7. The van der Waals surface area contributed by atoms with E-state index in [1.54, 1.807) is 24.3 Å². The first-order valence-corrected chi connectivity index (χ1v) is 11.6. The van der Waals surface area contributed by atoms with Gasteiger partial charge in [-0.1, -0.05) is 18.2 Å². The van der Waals surface area contributed by atoms with Gasteiger partial charge in [0.25, 0.3) is 5.69 Å². The van der Waals surface area contributed by atoms with E-state index in [1.807, 2.05) is 0 Å². The van der Waals surface area contributed by atoms with Gasteiger partial charge in [0.05, 0.1) is 22.3 Å². The van der Waals surface area contributed by atoms with Crippen molar-refractivity contribution in [1.82, 2.24) is 9.29 Å². The molecule has 174 valence electrons. The minimum Gasteiger partial charge on any atom is -0.407 e. The third-order valence-electron chi connectivity index (χ3n) is 4.69. The third-order valence-corrected chi connectivity index (χ3v) is 6.01. The topological polar surface area (TPSA) is 154 Å². The summed E-state index contributed by atoms with van der Waals surface area (Å²) in [7, 11) is -3.47. The normalized spacial score (nSPS) is 11.4. The molecule has 0 aliphatic carbocycles. The number of non-ortho nitro benzene ring substituents is 1. The summed E-state index contributed by atoms with van der Waals surface area (Å²) in [5, 5.41) is 13.6. The largest absolute Gasteiger partial charge is 0.419 e. The maximum absolute atomic E-state index is 12.2. The molecule has 0 radical (unpaired) electrons. The molecule has 2 aromatic carbocycles. The fourth-order valence-corrected chi connectivity index (χ4v) is 4.25. The molecule has 0 bridgehead atoms. The number of oxazole rings is 1. The Kier molecular flexibility index (Phi) is 7.41. The molecule has 0 fully saturated rings. The first-order valence-electron chi connectivity index (χ1n) is 9.93. The fourth-order valence-electron chi connectivity index (χ4n) is 3.14. The van der Waals surface area contributed by atoms with Gasteiger partial charge in [-0.05, 0) is 30.2 Å². The summed E-state index contributed by atoms with van der Waals surface area (Å²) in [4.78, 5) is 34.6. The van der Waals surface area contributed by atoms with Gasteiger partial charge < -0.3 is 9.73 Å². The number of anilines is 1. The van der Waals surface area contributed by atoms with E-state index in [-0.39, 0.29) is 42.4 Å². The number of benzene rings is 2. The van der Waals surface area contributed by atoms with Crippen LogP contribution in [-0.2, 0) is 27.1 Å². The molecule has 0 aliphatic rings. The summed E-state index contributed by atoms with van der Waals surface area (Å²) < 4.78 is 32.6. The Morgan fingerprint density at radius 1 is 1.21 bits per heavy atom. The molecule has 0 atom stereocenters. The molecule has 1 heterocycles. The van der Waals surface area contributed by atoms with E-state index in [0.717, 1.165) is 0 Å². The van der Waals surface area contributed by atoms with E-state index in [1.165, 1.54) is 28.8 Å². The number of rotatable bonds is 11. The lowest BCUT2D eigenvalue weighted by molar-refractivity contribution is -0.384. The minimum atomic E-state index is -3.47. The zero-order chi connectivity index (χ0) is 24.0. The van der Waals surface area contributed by atoms with Gasteiger partial charge in [-0.25, -0.2) is 17.9 Å². The maximum Gasteiger partial charge on any atom is 0.419 e. The molecule has 2 N–H and O–H groups in total. The van der Waals surface area contributed by atoms with Crippen LogP contribution in [0.1, 0.15) is 18.4 Å². The molecule has 12 heteroatoms. The number of nitro groups is 1. The number of hydrogen-bond donors (Lipinski definition) is 2. The Morgan fingerprint density at radius 3 is 2.61 bits per heavy atom. The number of fused-ring (bicyclic) bond motifs is 1. The second-order valence-electron chi connectivity index (χ2n) is 7.17. The Balaban J connectivity index is 1.54. The Hall–Kier alpha value is -3.77. The van der Waals surface area contributed by atoms with Crippen LogP contribution in [-0.4, -0.2) is 30.4 Å². The zero-order valence-corrected chi connectivity index (χ0v) is 18.3. The molecule has 1 aromatic heterocycles. The summed E-state index contributed by atoms with van der Waals surface area (Å²) in [5.41, 5.74) is 1.42. The van der Waals surface area contributed by atoms with E-state index in [9.17, 15) is 28.1 Å². The Labute approximate surface area is 188 Å². The molecule has 0 saturated heterocycles. The van der Waals surface area contributed by atoms with Gasteiger partial charge in [-0.2, -0.15) is 0 Å². The summed E-state index contributed by atoms with van der Waals surface area (Å²) in [6.45, 7) is 3.81. The highest BCUT2D eigenvalue weighted by Crippen LogP contribution is 2.20. The summed E-state index contributed by atoms with van der Waals surface area (Å²) in [5.74, 6) is -1.12. The van der Waals surface area contributed by atoms with Gasteiger partial charge >= 0.3 is 5.76 Å². The van der Waals surface area contributed by atoms with Crippen molar-refractivity contribution in [3.05, 3.63) is 81.3 Å². The molecule has 1 amide bonds. The minimum absolute atomic E-state index is 0.112. The number of aromatic nitrogens is 1. The molecule has 0 aliphatic heterocycles. The van der Waals surface area contributed by atoms with E-state index in [0.29, 0.717) is 23.2 Å². The second kappa shape index (κ2) is 10.2.